The summed E-state index contributed by atoms with van der Waals surface area (Å²) in [5.74, 6) is 1.93. The Morgan fingerprint density at radius 2 is 0.895 bits per heavy atom. The van der Waals surface area contributed by atoms with Gasteiger partial charge in [-0.25, -0.2) is 0 Å². The summed E-state index contributed by atoms with van der Waals surface area (Å²) in [6, 6.07) is 17.7. The third-order valence-corrected chi connectivity index (χ3v) is 15.0. The van der Waals surface area contributed by atoms with Crippen molar-refractivity contribution in [1.82, 2.24) is 9.80 Å². The first-order valence-corrected chi connectivity index (χ1v) is 18.4. The second kappa shape index (κ2) is 14.5. The average Bonchev–Trinajstić information content (AvgIpc) is 2.97. The Morgan fingerprint density at radius 3 is 1.21 bits per heavy atom. The lowest BCUT2D eigenvalue weighted by atomic mass is 10.0. The molecule has 1 saturated heterocycles. The highest BCUT2D eigenvalue weighted by Gasteiger charge is 2.34. The predicted octanol–water partition coefficient (Wildman–Crippen LogP) is 8.48. The summed E-state index contributed by atoms with van der Waals surface area (Å²) in [5.41, 5.74) is 4.77. The minimum atomic E-state index is -0.0468. The van der Waals surface area contributed by atoms with Crippen LogP contribution in [-0.4, -0.2) is 60.5 Å². The molecule has 0 amide bonds. The fourth-order valence-corrected chi connectivity index (χ4v) is 13.2. The van der Waals surface area contributed by atoms with Crippen molar-refractivity contribution >= 4 is 15.8 Å². The van der Waals surface area contributed by atoms with E-state index < -0.39 is 0 Å². The van der Waals surface area contributed by atoms with Crippen molar-refractivity contribution in [1.29, 1.82) is 0 Å². The maximum atomic E-state index is 5.44. The number of hydrogen-bond donors (Lipinski definition) is 0. The normalized spacial score (nSPS) is 25.0. The Morgan fingerprint density at radius 1 is 0.553 bits per heavy atom. The van der Waals surface area contributed by atoms with Gasteiger partial charge in [-0.1, -0.05) is 78.6 Å². The predicted molar refractivity (Wildman–Crippen MR) is 164 cm³/mol. The maximum Gasteiger partial charge on any atom is 0.118 e. The molecule has 0 unspecified atom stereocenters. The number of benzene rings is 2. The maximum absolute atomic E-state index is 5.44. The molecule has 0 spiro atoms. The van der Waals surface area contributed by atoms with Gasteiger partial charge in [0.2, 0.25) is 0 Å². The van der Waals surface area contributed by atoms with Gasteiger partial charge in [0.15, 0.2) is 0 Å². The third-order valence-electron chi connectivity index (χ3n) is 8.84. The molecule has 1 aliphatic heterocycles. The number of hydrogen-bond acceptors (Lipinski definition) is 4. The van der Waals surface area contributed by atoms with Crippen LogP contribution in [0.15, 0.2) is 48.5 Å². The Bertz CT molecular complexity index is 867. The van der Waals surface area contributed by atoms with E-state index in [1.165, 1.54) is 100 Å². The quantitative estimate of drug-likeness (QED) is 0.306. The first-order valence-electron chi connectivity index (χ1n) is 14.9. The smallest absolute Gasteiger partial charge is 0.118 e. The zero-order chi connectivity index (χ0) is 26.2. The second-order valence-electron chi connectivity index (χ2n) is 11.7. The van der Waals surface area contributed by atoms with Crippen LogP contribution in [0.3, 0.4) is 0 Å². The summed E-state index contributed by atoms with van der Waals surface area (Å²) < 4.78 is 10.9. The lowest BCUT2D eigenvalue weighted by molar-refractivity contribution is 0.320. The van der Waals surface area contributed by atoms with Gasteiger partial charge in [0.1, 0.15) is 11.5 Å². The molecule has 0 N–H and O–H groups in total. The van der Waals surface area contributed by atoms with E-state index in [9.17, 15) is 0 Å². The molecule has 3 aliphatic rings. The van der Waals surface area contributed by atoms with E-state index in [0.29, 0.717) is 0 Å². The average molecular weight is 555 g/mol. The first-order chi connectivity index (χ1) is 18.7. The van der Waals surface area contributed by atoms with Crippen LogP contribution in [0.5, 0.6) is 11.5 Å². The van der Waals surface area contributed by atoms with E-state index >= 15 is 0 Å². The standard InChI is InChI=1S/C32H48N2O2P2/c1-35-29-17-13-27(14-18-29)21-33-23-37(31-9-5-3-6-10-31)25-34(22-28-15-19-30(36-2)20-16-28)26-38(24-33)32-11-7-4-8-12-32/h13-20,31-32H,3-12,21-26H2,1-2H3. The van der Waals surface area contributed by atoms with Crippen molar-refractivity contribution in [3.63, 3.8) is 0 Å². The fourth-order valence-electron chi connectivity index (χ4n) is 6.74. The lowest BCUT2D eigenvalue weighted by Gasteiger charge is -2.45. The molecule has 2 aliphatic carbocycles. The highest BCUT2D eigenvalue weighted by atomic mass is 31.1. The molecule has 208 valence electrons. The van der Waals surface area contributed by atoms with Crippen LogP contribution < -0.4 is 9.47 Å². The summed E-state index contributed by atoms with van der Waals surface area (Å²) in [7, 11) is 3.43. The van der Waals surface area contributed by atoms with Crippen molar-refractivity contribution in [3.05, 3.63) is 59.7 Å². The summed E-state index contributed by atoms with van der Waals surface area (Å²) in [4.78, 5) is 5.82. The Hall–Kier alpha value is -1.18. The van der Waals surface area contributed by atoms with E-state index in [4.69, 9.17) is 9.47 Å². The third kappa shape index (κ3) is 7.94. The lowest BCUT2D eigenvalue weighted by Crippen LogP contribution is -2.38. The summed E-state index contributed by atoms with van der Waals surface area (Å²) in [5, 5.41) is 0. The van der Waals surface area contributed by atoms with Crippen LogP contribution in [0.25, 0.3) is 0 Å². The molecule has 38 heavy (non-hydrogen) atoms. The number of ether oxygens (including phenoxy) is 2. The molecule has 1 heterocycles. The van der Waals surface area contributed by atoms with Crippen molar-refractivity contribution < 1.29 is 9.47 Å². The molecule has 2 aromatic rings. The summed E-state index contributed by atoms with van der Waals surface area (Å²) >= 11 is 0. The van der Waals surface area contributed by atoms with Crippen molar-refractivity contribution in [2.24, 2.45) is 0 Å². The van der Waals surface area contributed by atoms with Gasteiger partial charge in [-0.3, -0.25) is 9.80 Å². The van der Waals surface area contributed by atoms with E-state index in [0.717, 1.165) is 35.9 Å². The molecular weight excluding hydrogens is 506 g/mol. The van der Waals surface area contributed by atoms with Gasteiger partial charge in [0.25, 0.3) is 0 Å². The summed E-state index contributed by atoms with van der Waals surface area (Å²) in [6.45, 7) is 2.19. The number of nitrogens with zero attached hydrogens (tertiary/aromatic N) is 2. The highest BCUT2D eigenvalue weighted by Crippen LogP contribution is 2.56. The van der Waals surface area contributed by atoms with Gasteiger partial charge in [-0.05, 0) is 72.4 Å². The Labute approximate surface area is 234 Å². The number of rotatable bonds is 8. The zero-order valence-electron chi connectivity index (χ0n) is 23.7. The second-order valence-corrected chi connectivity index (χ2v) is 16.6. The molecule has 4 nitrogen and oxygen atoms in total. The van der Waals surface area contributed by atoms with Gasteiger partial charge < -0.3 is 9.47 Å². The Kier molecular flexibility index (Phi) is 10.8. The van der Waals surface area contributed by atoms with Crippen molar-refractivity contribution in [2.75, 3.05) is 39.4 Å². The van der Waals surface area contributed by atoms with Gasteiger partial charge in [-0.2, -0.15) is 0 Å². The minimum Gasteiger partial charge on any atom is -0.497 e. The molecule has 0 radical (unpaired) electrons. The minimum absolute atomic E-state index is 0.0468. The van der Waals surface area contributed by atoms with E-state index in [2.05, 4.69) is 58.3 Å². The first kappa shape index (κ1) is 28.4. The van der Waals surface area contributed by atoms with Crippen LogP contribution in [0.1, 0.15) is 75.3 Å². The highest BCUT2D eigenvalue weighted by molar-refractivity contribution is 7.60. The number of methoxy groups -OCH3 is 2. The molecule has 3 fully saturated rings. The van der Waals surface area contributed by atoms with Crippen LogP contribution in [0.2, 0.25) is 0 Å². The molecule has 6 heteroatoms. The van der Waals surface area contributed by atoms with Crippen LogP contribution >= 0.6 is 15.8 Å². The largest absolute Gasteiger partial charge is 0.497 e. The van der Waals surface area contributed by atoms with Crippen molar-refractivity contribution in [3.8, 4) is 11.5 Å². The molecule has 5 rings (SSSR count). The zero-order valence-corrected chi connectivity index (χ0v) is 25.5. The van der Waals surface area contributed by atoms with Crippen LogP contribution in [-0.2, 0) is 13.1 Å². The molecule has 0 atom stereocenters. The van der Waals surface area contributed by atoms with E-state index in [1.807, 2.05) is 0 Å². The topological polar surface area (TPSA) is 24.9 Å². The molecule has 2 aromatic carbocycles. The molecular formula is C32H48N2O2P2. The van der Waals surface area contributed by atoms with Gasteiger partial charge in [0, 0.05) is 38.2 Å². The monoisotopic (exact) mass is 554 g/mol. The Balaban J connectivity index is 1.37. The van der Waals surface area contributed by atoms with E-state index in [1.54, 1.807) is 14.2 Å². The fraction of sp³-hybridized carbons (Fsp3) is 0.625. The molecule has 0 aromatic heterocycles. The van der Waals surface area contributed by atoms with Gasteiger partial charge >= 0.3 is 0 Å². The SMILES string of the molecule is COc1ccc(CN2CP(C3CCCCC3)CN(Cc3ccc(OC)cc3)CP(C3CCCCC3)C2)cc1. The summed E-state index contributed by atoms with van der Waals surface area (Å²) in [6.07, 6.45) is 19.7. The molecule has 2 saturated carbocycles. The van der Waals surface area contributed by atoms with E-state index in [-0.39, 0.29) is 15.8 Å². The van der Waals surface area contributed by atoms with Crippen LogP contribution in [0, 0.1) is 0 Å². The van der Waals surface area contributed by atoms with Crippen molar-refractivity contribution in [2.45, 2.75) is 88.6 Å². The van der Waals surface area contributed by atoms with Gasteiger partial charge in [0.05, 0.1) is 14.2 Å². The van der Waals surface area contributed by atoms with Crippen LogP contribution in [0.4, 0.5) is 0 Å². The van der Waals surface area contributed by atoms with Gasteiger partial charge in [-0.15, -0.1) is 0 Å². The molecule has 0 bridgehead atoms.